The van der Waals surface area contributed by atoms with Crippen molar-refractivity contribution in [3.05, 3.63) is 95.1 Å². The number of nitrogen functional groups attached to an aromatic ring is 2. The molecule has 24 heavy (non-hydrogen) atoms. The third-order valence-corrected chi connectivity index (χ3v) is 3.58. The minimum Gasteiger partial charge on any atom is -0.399 e. The van der Waals surface area contributed by atoms with Gasteiger partial charge in [-0.15, -0.1) is 0 Å². The Bertz CT molecular complexity index is 950. The van der Waals surface area contributed by atoms with Crippen LogP contribution in [0.3, 0.4) is 0 Å². The number of benzene rings is 3. The van der Waals surface area contributed by atoms with Crippen molar-refractivity contribution < 1.29 is 4.79 Å². The summed E-state index contributed by atoms with van der Waals surface area (Å²) in [7, 11) is 0. The number of carbonyl (C=O) groups is 1. The van der Waals surface area contributed by atoms with E-state index < -0.39 is 0 Å². The highest BCUT2D eigenvalue weighted by Crippen LogP contribution is 2.18. The summed E-state index contributed by atoms with van der Waals surface area (Å²) < 4.78 is 0. The first-order valence-electron chi connectivity index (χ1n) is 7.50. The van der Waals surface area contributed by atoms with Crippen LogP contribution in [-0.2, 0) is 0 Å². The molecule has 0 radical (unpaired) electrons. The Morgan fingerprint density at radius 3 is 2.21 bits per heavy atom. The molecule has 4 N–H and O–H groups in total. The van der Waals surface area contributed by atoms with Crippen LogP contribution in [0.4, 0.5) is 11.4 Å². The highest BCUT2D eigenvalue weighted by atomic mass is 16.1. The van der Waals surface area contributed by atoms with Crippen molar-refractivity contribution in [1.29, 1.82) is 0 Å². The Balaban J connectivity index is 1.88. The van der Waals surface area contributed by atoms with Crippen molar-refractivity contribution in [3.63, 3.8) is 0 Å². The average Bonchev–Trinajstić information content (AvgIpc) is 2.61. The Morgan fingerprint density at radius 2 is 1.50 bits per heavy atom. The van der Waals surface area contributed by atoms with E-state index in [1.165, 1.54) is 0 Å². The zero-order valence-corrected chi connectivity index (χ0v) is 13.0. The molecule has 0 saturated heterocycles. The minimum absolute atomic E-state index is 0.114. The highest BCUT2D eigenvalue weighted by Gasteiger charge is 2.10. The van der Waals surface area contributed by atoms with E-state index in [0.717, 1.165) is 5.56 Å². The molecule has 3 nitrogen and oxygen atoms in total. The van der Waals surface area contributed by atoms with Crippen molar-refractivity contribution in [2.75, 3.05) is 11.5 Å². The lowest BCUT2D eigenvalue weighted by Gasteiger charge is -2.05. The molecule has 0 saturated carbocycles. The van der Waals surface area contributed by atoms with Crippen molar-refractivity contribution in [1.82, 2.24) is 0 Å². The molecule has 3 aromatic carbocycles. The van der Waals surface area contributed by atoms with Crippen molar-refractivity contribution >= 4 is 17.2 Å². The molecule has 0 aliphatic heterocycles. The summed E-state index contributed by atoms with van der Waals surface area (Å²) in [5, 5.41) is 0. The van der Waals surface area contributed by atoms with E-state index in [-0.39, 0.29) is 5.78 Å². The number of carbonyl (C=O) groups excluding carboxylic acids is 1. The molecule has 0 spiro atoms. The van der Waals surface area contributed by atoms with Gasteiger partial charge in [-0.05, 0) is 42.5 Å². The predicted octanol–water partition coefficient (Wildman–Crippen LogP) is 3.48. The van der Waals surface area contributed by atoms with Crippen LogP contribution in [0.2, 0.25) is 0 Å². The maximum Gasteiger partial charge on any atom is 0.193 e. The first-order valence-corrected chi connectivity index (χ1v) is 7.50. The fourth-order valence-electron chi connectivity index (χ4n) is 2.33. The molecule has 0 amide bonds. The quantitative estimate of drug-likeness (QED) is 0.432. The summed E-state index contributed by atoms with van der Waals surface area (Å²) in [6.07, 6.45) is 0. The molecule has 3 heteroatoms. The normalized spacial score (nSPS) is 9.83. The standard InChI is InChI=1S/C21H16N2O/c22-19-8-4-7-17(13-19)21(24)18-12-11-16(20(23)14-18)10-9-15-5-2-1-3-6-15/h1-8,11-14H,22-23H2. The average molecular weight is 312 g/mol. The Kier molecular flexibility index (Phi) is 4.31. The van der Waals surface area contributed by atoms with Gasteiger partial charge in [-0.1, -0.05) is 42.2 Å². The van der Waals surface area contributed by atoms with Crippen LogP contribution < -0.4 is 11.5 Å². The number of nitrogens with two attached hydrogens (primary N) is 2. The second-order valence-corrected chi connectivity index (χ2v) is 5.37. The summed E-state index contributed by atoms with van der Waals surface area (Å²) in [6, 6.07) is 21.7. The molecular weight excluding hydrogens is 296 g/mol. The fourth-order valence-corrected chi connectivity index (χ4v) is 2.33. The summed E-state index contributed by atoms with van der Waals surface area (Å²) in [5.74, 6) is 5.98. The van der Waals surface area contributed by atoms with Gasteiger partial charge in [-0.3, -0.25) is 4.79 Å². The van der Waals surface area contributed by atoms with Crippen LogP contribution in [0, 0.1) is 11.8 Å². The fraction of sp³-hybridized carbons (Fsp3) is 0. The molecule has 3 rings (SSSR count). The number of hydrogen-bond acceptors (Lipinski definition) is 3. The second kappa shape index (κ2) is 6.72. The van der Waals surface area contributed by atoms with E-state index in [9.17, 15) is 4.79 Å². The molecule has 0 aromatic heterocycles. The lowest BCUT2D eigenvalue weighted by molar-refractivity contribution is 0.103. The summed E-state index contributed by atoms with van der Waals surface area (Å²) in [4.78, 5) is 12.5. The van der Waals surface area contributed by atoms with Crippen LogP contribution in [-0.4, -0.2) is 5.78 Å². The third kappa shape index (κ3) is 3.45. The molecule has 0 heterocycles. The summed E-state index contributed by atoms with van der Waals surface area (Å²) >= 11 is 0. The van der Waals surface area contributed by atoms with Gasteiger partial charge in [0.1, 0.15) is 0 Å². The highest BCUT2D eigenvalue weighted by molar-refractivity contribution is 6.10. The smallest absolute Gasteiger partial charge is 0.193 e. The molecule has 0 unspecified atom stereocenters. The van der Waals surface area contributed by atoms with Crippen LogP contribution in [0.1, 0.15) is 27.0 Å². The Labute approximate surface area is 140 Å². The van der Waals surface area contributed by atoms with E-state index in [4.69, 9.17) is 11.5 Å². The summed E-state index contributed by atoms with van der Waals surface area (Å²) in [6.45, 7) is 0. The summed E-state index contributed by atoms with van der Waals surface area (Å²) in [5.41, 5.74) is 15.5. The zero-order valence-electron chi connectivity index (χ0n) is 13.0. The van der Waals surface area contributed by atoms with Crippen molar-refractivity contribution in [3.8, 4) is 11.8 Å². The molecule has 0 fully saturated rings. The maximum atomic E-state index is 12.5. The van der Waals surface area contributed by atoms with Gasteiger partial charge < -0.3 is 11.5 Å². The van der Waals surface area contributed by atoms with Gasteiger partial charge >= 0.3 is 0 Å². The van der Waals surface area contributed by atoms with E-state index in [2.05, 4.69) is 11.8 Å². The van der Waals surface area contributed by atoms with E-state index in [0.29, 0.717) is 28.1 Å². The van der Waals surface area contributed by atoms with Crippen molar-refractivity contribution in [2.24, 2.45) is 0 Å². The molecule has 0 aliphatic carbocycles. The predicted molar refractivity (Wildman–Crippen MR) is 97.6 cm³/mol. The molecule has 0 aliphatic rings. The van der Waals surface area contributed by atoms with Crippen LogP contribution in [0.25, 0.3) is 0 Å². The lowest BCUT2D eigenvalue weighted by Crippen LogP contribution is -2.03. The van der Waals surface area contributed by atoms with E-state index in [1.54, 1.807) is 42.5 Å². The third-order valence-electron chi connectivity index (χ3n) is 3.58. The van der Waals surface area contributed by atoms with Gasteiger partial charge in [-0.25, -0.2) is 0 Å². The van der Waals surface area contributed by atoms with Gasteiger partial charge in [0, 0.05) is 33.6 Å². The van der Waals surface area contributed by atoms with Crippen LogP contribution in [0.15, 0.2) is 72.8 Å². The maximum absolute atomic E-state index is 12.5. The number of ketones is 1. The van der Waals surface area contributed by atoms with Crippen molar-refractivity contribution in [2.45, 2.75) is 0 Å². The topological polar surface area (TPSA) is 69.1 Å². The van der Waals surface area contributed by atoms with E-state index in [1.807, 2.05) is 30.3 Å². The van der Waals surface area contributed by atoms with Gasteiger partial charge in [0.2, 0.25) is 0 Å². The molecule has 0 bridgehead atoms. The number of rotatable bonds is 2. The molecule has 0 atom stereocenters. The monoisotopic (exact) mass is 312 g/mol. The number of hydrogen-bond donors (Lipinski definition) is 2. The van der Waals surface area contributed by atoms with Gasteiger partial charge in [0.25, 0.3) is 0 Å². The molecule has 3 aromatic rings. The Morgan fingerprint density at radius 1 is 0.750 bits per heavy atom. The first kappa shape index (κ1) is 15.4. The zero-order chi connectivity index (χ0) is 16.9. The second-order valence-electron chi connectivity index (χ2n) is 5.37. The van der Waals surface area contributed by atoms with Gasteiger partial charge in [0.15, 0.2) is 5.78 Å². The van der Waals surface area contributed by atoms with Crippen LogP contribution in [0.5, 0.6) is 0 Å². The van der Waals surface area contributed by atoms with E-state index >= 15 is 0 Å². The van der Waals surface area contributed by atoms with Gasteiger partial charge in [-0.2, -0.15) is 0 Å². The largest absolute Gasteiger partial charge is 0.399 e. The minimum atomic E-state index is -0.114. The first-order chi connectivity index (χ1) is 11.6. The molecule has 116 valence electrons. The Hall–Kier alpha value is -3.51. The number of anilines is 2. The molecular formula is C21H16N2O. The lowest BCUT2D eigenvalue weighted by atomic mass is 10.0. The van der Waals surface area contributed by atoms with Gasteiger partial charge in [0.05, 0.1) is 0 Å². The van der Waals surface area contributed by atoms with Crippen LogP contribution >= 0.6 is 0 Å². The SMILES string of the molecule is Nc1cccc(C(=O)c2ccc(C#Cc3ccccc3)c(N)c2)c1.